The summed E-state index contributed by atoms with van der Waals surface area (Å²) in [6.45, 7) is 6.09. The minimum absolute atomic E-state index is 0.815. The first-order chi connectivity index (χ1) is 5.74. The standard InChI is InChI=1S/C8H9ClS.C2H6/c1-6-3-4-7(9)5-8(6)10-2;1-2/h3-5H,1-2H3;1-2H3. The average molecular weight is 203 g/mol. The Labute approximate surface area is 84.3 Å². The summed E-state index contributed by atoms with van der Waals surface area (Å²) in [6, 6.07) is 5.94. The largest absolute Gasteiger partial charge is 0.129 e. The van der Waals surface area contributed by atoms with E-state index in [1.54, 1.807) is 11.8 Å². The SMILES string of the molecule is CC.CSc1cc(Cl)ccc1C. The van der Waals surface area contributed by atoms with Crippen LogP contribution in [0.4, 0.5) is 0 Å². The van der Waals surface area contributed by atoms with E-state index in [0.29, 0.717) is 0 Å². The Balaban J connectivity index is 0.000000561. The van der Waals surface area contributed by atoms with E-state index in [2.05, 4.69) is 13.2 Å². The summed E-state index contributed by atoms with van der Waals surface area (Å²) in [4.78, 5) is 1.26. The zero-order chi connectivity index (χ0) is 9.56. The molecule has 0 aliphatic rings. The summed E-state index contributed by atoms with van der Waals surface area (Å²) in [5.74, 6) is 0. The molecule has 12 heavy (non-hydrogen) atoms. The van der Waals surface area contributed by atoms with Gasteiger partial charge in [-0.25, -0.2) is 0 Å². The maximum atomic E-state index is 5.78. The zero-order valence-electron chi connectivity index (χ0n) is 8.02. The van der Waals surface area contributed by atoms with E-state index in [9.17, 15) is 0 Å². The fourth-order valence-electron chi connectivity index (χ4n) is 0.794. The number of aryl methyl sites for hydroxylation is 1. The summed E-state index contributed by atoms with van der Waals surface area (Å²) >= 11 is 7.51. The third kappa shape index (κ3) is 3.51. The van der Waals surface area contributed by atoms with Crippen LogP contribution in [0.5, 0.6) is 0 Å². The molecular formula is C10H15ClS. The Kier molecular flexibility index (Phi) is 6.31. The van der Waals surface area contributed by atoms with E-state index >= 15 is 0 Å². The van der Waals surface area contributed by atoms with Gasteiger partial charge in [0.1, 0.15) is 0 Å². The molecule has 1 aromatic carbocycles. The first-order valence-corrected chi connectivity index (χ1v) is 5.64. The van der Waals surface area contributed by atoms with Gasteiger partial charge in [-0.15, -0.1) is 11.8 Å². The van der Waals surface area contributed by atoms with Crippen LogP contribution in [0, 0.1) is 6.92 Å². The van der Waals surface area contributed by atoms with Gasteiger partial charge < -0.3 is 0 Å². The van der Waals surface area contributed by atoms with Crippen LogP contribution in [-0.4, -0.2) is 6.26 Å². The number of rotatable bonds is 1. The fraction of sp³-hybridized carbons (Fsp3) is 0.400. The van der Waals surface area contributed by atoms with Crippen molar-refractivity contribution in [1.29, 1.82) is 0 Å². The molecule has 0 spiro atoms. The molecule has 0 saturated carbocycles. The predicted molar refractivity (Wildman–Crippen MR) is 59.3 cm³/mol. The van der Waals surface area contributed by atoms with Crippen molar-refractivity contribution in [3.63, 3.8) is 0 Å². The van der Waals surface area contributed by atoms with Gasteiger partial charge in [-0.05, 0) is 30.9 Å². The van der Waals surface area contributed by atoms with Crippen molar-refractivity contribution in [1.82, 2.24) is 0 Å². The second-order valence-corrected chi connectivity index (χ2v) is 3.40. The highest BCUT2D eigenvalue weighted by molar-refractivity contribution is 7.98. The Hall–Kier alpha value is -0.140. The van der Waals surface area contributed by atoms with Crippen LogP contribution in [0.1, 0.15) is 19.4 Å². The molecule has 0 heterocycles. The molecule has 0 amide bonds. The topological polar surface area (TPSA) is 0 Å². The van der Waals surface area contributed by atoms with E-state index in [1.807, 2.05) is 32.0 Å². The molecule has 0 fully saturated rings. The lowest BCUT2D eigenvalue weighted by Gasteiger charge is -2.00. The van der Waals surface area contributed by atoms with Gasteiger partial charge in [0.05, 0.1) is 0 Å². The van der Waals surface area contributed by atoms with E-state index in [1.165, 1.54) is 10.5 Å². The van der Waals surface area contributed by atoms with Crippen LogP contribution < -0.4 is 0 Å². The lowest BCUT2D eigenvalue weighted by molar-refractivity contribution is 1.31. The van der Waals surface area contributed by atoms with Crippen molar-refractivity contribution in [3.05, 3.63) is 28.8 Å². The van der Waals surface area contributed by atoms with Gasteiger partial charge >= 0.3 is 0 Å². The normalized spacial score (nSPS) is 8.75. The third-order valence-electron chi connectivity index (χ3n) is 1.37. The van der Waals surface area contributed by atoms with Crippen LogP contribution >= 0.6 is 23.4 Å². The molecule has 68 valence electrons. The van der Waals surface area contributed by atoms with Crippen molar-refractivity contribution in [2.75, 3.05) is 6.26 Å². The van der Waals surface area contributed by atoms with Crippen molar-refractivity contribution in [2.45, 2.75) is 25.7 Å². The van der Waals surface area contributed by atoms with E-state index in [0.717, 1.165) is 5.02 Å². The maximum absolute atomic E-state index is 5.78. The maximum Gasteiger partial charge on any atom is 0.0417 e. The average Bonchev–Trinajstić information content (AvgIpc) is 2.13. The lowest BCUT2D eigenvalue weighted by Crippen LogP contribution is -1.76. The molecule has 0 unspecified atom stereocenters. The monoisotopic (exact) mass is 202 g/mol. The molecule has 0 atom stereocenters. The number of hydrogen-bond donors (Lipinski definition) is 0. The number of halogens is 1. The highest BCUT2D eigenvalue weighted by atomic mass is 35.5. The molecule has 1 rings (SSSR count). The third-order valence-corrected chi connectivity index (χ3v) is 2.48. The van der Waals surface area contributed by atoms with E-state index in [4.69, 9.17) is 11.6 Å². The van der Waals surface area contributed by atoms with Gasteiger partial charge in [-0.1, -0.05) is 31.5 Å². The minimum atomic E-state index is 0.815. The van der Waals surface area contributed by atoms with Gasteiger partial charge in [-0.3, -0.25) is 0 Å². The second kappa shape index (κ2) is 6.38. The number of benzene rings is 1. The molecule has 0 nitrogen and oxygen atoms in total. The zero-order valence-corrected chi connectivity index (χ0v) is 9.59. The highest BCUT2D eigenvalue weighted by Gasteiger charge is 1.95. The van der Waals surface area contributed by atoms with Gasteiger partial charge in [0.15, 0.2) is 0 Å². The number of hydrogen-bond acceptors (Lipinski definition) is 1. The quantitative estimate of drug-likeness (QED) is 0.609. The van der Waals surface area contributed by atoms with Crippen molar-refractivity contribution < 1.29 is 0 Å². The second-order valence-electron chi connectivity index (χ2n) is 2.11. The van der Waals surface area contributed by atoms with Gasteiger partial charge in [0, 0.05) is 9.92 Å². The van der Waals surface area contributed by atoms with Gasteiger partial charge in [0.2, 0.25) is 0 Å². The molecule has 2 heteroatoms. The van der Waals surface area contributed by atoms with Crippen molar-refractivity contribution in [3.8, 4) is 0 Å². The van der Waals surface area contributed by atoms with E-state index < -0.39 is 0 Å². The minimum Gasteiger partial charge on any atom is -0.129 e. The summed E-state index contributed by atoms with van der Waals surface area (Å²) in [6.07, 6.45) is 2.05. The van der Waals surface area contributed by atoms with Crippen LogP contribution in [0.25, 0.3) is 0 Å². The summed E-state index contributed by atoms with van der Waals surface area (Å²) in [7, 11) is 0. The molecule has 1 aromatic rings. The molecule has 0 aliphatic carbocycles. The molecule has 0 N–H and O–H groups in total. The molecule has 0 aliphatic heterocycles. The van der Waals surface area contributed by atoms with Crippen molar-refractivity contribution in [2.24, 2.45) is 0 Å². The molecular weight excluding hydrogens is 188 g/mol. The highest BCUT2D eigenvalue weighted by Crippen LogP contribution is 2.23. The smallest absolute Gasteiger partial charge is 0.0417 e. The van der Waals surface area contributed by atoms with Crippen LogP contribution in [0.3, 0.4) is 0 Å². The van der Waals surface area contributed by atoms with E-state index in [-0.39, 0.29) is 0 Å². The summed E-state index contributed by atoms with van der Waals surface area (Å²) < 4.78 is 0. The first-order valence-electron chi connectivity index (χ1n) is 4.04. The Bertz CT molecular complexity index is 233. The predicted octanol–water partition coefficient (Wildman–Crippen LogP) is 4.40. The molecule has 0 saturated heterocycles. The Morgan fingerprint density at radius 2 is 1.83 bits per heavy atom. The van der Waals surface area contributed by atoms with Gasteiger partial charge in [-0.2, -0.15) is 0 Å². The van der Waals surface area contributed by atoms with Crippen molar-refractivity contribution >= 4 is 23.4 Å². The molecule has 0 bridgehead atoms. The fourth-order valence-corrected chi connectivity index (χ4v) is 1.67. The molecule has 0 aromatic heterocycles. The molecule has 0 radical (unpaired) electrons. The van der Waals surface area contributed by atoms with Crippen LogP contribution in [0.2, 0.25) is 5.02 Å². The number of thioether (sulfide) groups is 1. The first kappa shape index (κ1) is 11.9. The van der Waals surface area contributed by atoms with Crippen LogP contribution in [-0.2, 0) is 0 Å². The lowest BCUT2D eigenvalue weighted by atomic mass is 10.2. The van der Waals surface area contributed by atoms with Crippen LogP contribution in [0.15, 0.2) is 23.1 Å². The summed E-state index contributed by atoms with van der Waals surface area (Å²) in [5, 5.41) is 0.815. The summed E-state index contributed by atoms with van der Waals surface area (Å²) in [5.41, 5.74) is 1.29. The van der Waals surface area contributed by atoms with Gasteiger partial charge in [0.25, 0.3) is 0 Å². The Morgan fingerprint density at radius 1 is 1.25 bits per heavy atom. The Morgan fingerprint density at radius 3 is 2.25 bits per heavy atom.